The SMILES string of the molecule is Cc1cc(N)cc(S(=O)(=O)NCCN(C)C)c1Cl. The number of halogens is 1. The van der Waals surface area contributed by atoms with Crippen LogP contribution in [0.1, 0.15) is 5.56 Å². The van der Waals surface area contributed by atoms with Crippen LogP contribution in [0.3, 0.4) is 0 Å². The van der Waals surface area contributed by atoms with Crippen LogP contribution >= 0.6 is 11.6 Å². The van der Waals surface area contributed by atoms with Crippen LogP contribution in [-0.2, 0) is 10.0 Å². The fraction of sp³-hybridized carbons (Fsp3) is 0.455. The van der Waals surface area contributed by atoms with E-state index in [1.165, 1.54) is 6.07 Å². The van der Waals surface area contributed by atoms with Crippen LogP contribution in [0, 0.1) is 6.92 Å². The predicted molar refractivity (Wildman–Crippen MR) is 74.3 cm³/mol. The Morgan fingerprint density at radius 1 is 1.39 bits per heavy atom. The molecule has 3 N–H and O–H groups in total. The van der Waals surface area contributed by atoms with Gasteiger partial charge in [-0.05, 0) is 38.7 Å². The summed E-state index contributed by atoms with van der Waals surface area (Å²) in [7, 11) is 0.114. The van der Waals surface area contributed by atoms with Crippen LogP contribution in [-0.4, -0.2) is 40.5 Å². The number of hydrogen-bond donors (Lipinski definition) is 2. The van der Waals surface area contributed by atoms with Crippen molar-refractivity contribution in [3.05, 3.63) is 22.7 Å². The maximum atomic E-state index is 12.1. The first kappa shape index (κ1) is 15.2. The zero-order chi connectivity index (χ0) is 13.9. The summed E-state index contributed by atoms with van der Waals surface area (Å²) in [5.41, 5.74) is 6.67. The summed E-state index contributed by atoms with van der Waals surface area (Å²) >= 11 is 6.01. The van der Waals surface area contributed by atoms with E-state index >= 15 is 0 Å². The van der Waals surface area contributed by atoms with Gasteiger partial charge in [0.1, 0.15) is 4.90 Å². The van der Waals surface area contributed by atoms with Gasteiger partial charge in [-0.15, -0.1) is 0 Å². The zero-order valence-electron chi connectivity index (χ0n) is 10.7. The van der Waals surface area contributed by atoms with Crippen molar-refractivity contribution >= 4 is 27.3 Å². The molecule has 0 atom stereocenters. The Morgan fingerprint density at radius 3 is 2.56 bits per heavy atom. The van der Waals surface area contributed by atoms with Crippen LogP contribution in [0.2, 0.25) is 5.02 Å². The minimum absolute atomic E-state index is 0.0282. The summed E-state index contributed by atoms with van der Waals surface area (Å²) in [4.78, 5) is 1.91. The normalized spacial score (nSPS) is 12.1. The Hall–Kier alpha value is -0.820. The number of rotatable bonds is 5. The summed E-state index contributed by atoms with van der Waals surface area (Å²) in [5, 5.41) is 0.210. The molecule has 0 aliphatic carbocycles. The smallest absolute Gasteiger partial charge is 0.242 e. The molecule has 0 saturated carbocycles. The third-order valence-electron chi connectivity index (χ3n) is 2.38. The molecule has 1 aromatic carbocycles. The second kappa shape index (κ2) is 5.88. The second-order valence-corrected chi connectivity index (χ2v) is 6.46. The minimum atomic E-state index is -3.62. The quantitative estimate of drug-likeness (QED) is 0.796. The molecule has 7 heteroatoms. The molecule has 0 fully saturated rings. The maximum Gasteiger partial charge on any atom is 0.242 e. The van der Waals surface area contributed by atoms with Crippen molar-refractivity contribution < 1.29 is 8.42 Å². The second-order valence-electron chi connectivity index (χ2n) is 4.35. The van der Waals surface area contributed by atoms with Gasteiger partial charge in [0.25, 0.3) is 0 Å². The maximum absolute atomic E-state index is 12.1. The van der Waals surface area contributed by atoms with Gasteiger partial charge in [0, 0.05) is 18.8 Å². The molecule has 0 aliphatic rings. The monoisotopic (exact) mass is 291 g/mol. The first-order chi connectivity index (χ1) is 8.24. The highest BCUT2D eigenvalue weighted by Crippen LogP contribution is 2.27. The van der Waals surface area contributed by atoms with E-state index in [9.17, 15) is 8.42 Å². The first-order valence-corrected chi connectivity index (χ1v) is 7.30. The summed E-state index contributed by atoms with van der Waals surface area (Å²) in [5.74, 6) is 0. The lowest BCUT2D eigenvalue weighted by Gasteiger charge is -2.13. The summed E-state index contributed by atoms with van der Waals surface area (Å²) < 4.78 is 26.6. The van der Waals surface area contributed by atoms with E-state index in [1.54, 1.807) is 13.0 Å². The highest BCUT2D eigenvalue weighted by Gasteiger charge is 2.19. The Balaban J connectivity index is 2.98. The average Bonchev–Trinajstić information content (AvgIpc) is 2.22. The van der Waals surface area contributed by atoms with E-state index in [0.717, 1.165) is 0 Å². The Bertz CT molecular complexity index is 529. The van der Waals surface area contributed by atoms with E-state index in [-0.39, 0.29) is 9.92 Å². The molecule has 0 radical (unpaired) electrons. The number of nitrogens with two attached hydrogens (primary N) is 1. The molecule has 0 saturated heterocycles. The van der Waals surface area contributed by atoms with Crippen LogP contribution in [0.4, 0.5) is 5.69 Å². The van der Waals surface area contributed by atoms with Gasteiger partial charge in [0.15, 0.2) is 0 Å². The van der Waals surface area contributed by atoms with E-state index in [1.807, 2.05) is 19.0 Å². The fourth-order valence-corrected chi connectivity index (χ4v) is 3.06. The topological polar surface area (TPSA) is 75.4 Å². The third-order valence-corrected chi connectivity index (χ3v) is 4.48. The van der Waals surface area contributed by atoms with Crippen LogP contribution in [0.25, 0.3) is 0 Å². The molecule has 0 bridgehead atoms. The summed E-state index contributed by atoms with van der Waals surface area (Å²) in [6.45, 7) is 2.65. The van der Waals surface area contributed by atoms with Crippen molar-refractivity contribution in [3.63, 3.8) is 0 Å². The first-order valence-electron chi connectivity index (χ1n) is 5.44. The predicted octanol–water partition coefficient (Wildman–Crippen LogP) is 1.07. The van der Waals surface area contributed by atoms with E-state index in [4.69, 9.17) is 17.3 Å². The lowest BCUT2D eigenvalue weighted by atomic mass is 10.2. The fourth-order valence-electron chi connectivity index (χ4n) is 1.44. The molecule has 0 aromatic heterocycles. The number of benzene rings is 1. The highest BCUT2D eigenvalue weighted by atomic mass is 35.5. The summed E-state index contributed by atoms with van der Waals surface area (Å²) in [6, 6.07) is 3.01. The average molecular weight is 292 g/mol. The summed E-state index contributed by atoms with van der Waals surface area (Å²) in [6.07, 6.45) is 0. The molecular formula is C11H18ClN3O2S. The molecule has 0 spiro atoms. The Labute approximate surface area is 113 Å². The molecule has 0 aliphatic heterocycles. The molecule has 18 heavy (non-hydrogen) atoms. The number of nitrogens with zero attached hydrogens (tertiary/aromatic N) is 1. The van der Waals surface area contributed by atoms with Gasteiger partial charge in [-0.2, -0.15) is 0 Å². The zero-order valence-corrected chi connectivity index (χ0v) is 12.3. The molecule has 5 nitrogen and oxygen atoms in total. The third kappa shape index (κ3) is 3.84. The largest absolute Gasteiger partial charge is 0.399 e. The van der Waals surface area contributed by atoms with Crippen molar-refractivity contribution in [2.24, 2.45) is 0 Å². The molecular weight excluding hydrogens is 274 g/mol. The number of hydrogen-bond acceptors (Lipinski definition) is 4. The molecule has 0 unspecified atom stereocenters. The van der Waals surface area contributed by atoms with Gasteiger partial charge in [0.2, 0.25) is 10.0 Å². The van der Waals surface area contributed by atoms with Crippen molar-refractivity contribution in [1.29, 1.82) is 0 Å². The number of aryl methyl sites for hydroxylation is 1. The highest BCUT2D eigenvalue weighted by molar-refractivity contribution is 7.89. The number of anilines is 1. The minimum Gasteiger partial charge on any atom is -0.399 e. The number of nitrogen functional groups attached to an aromatic ring is 1. The Morgan fingerprint density at radius 2 is 2.00 bits per heavy atom. The van der Waals surface area contributed by atoms with Gasteiger partial charge < -0.3 is 10.6 Å². The lowest BCUT2D eigenvalue weighted by molar-refractivity contribution is 0.412. The van der Waals surface area contributed by atoms with Crippen molar-refractivity contribution in [2.75, 3.05) is 32.9 Å². The van der Waals surface area contributed by atoms with E-state index in [0.29, 0.717) is 24.3 Å². The molecule has 1 rings (SSSR count). The van der Waals surface area contributed by atoms with E-state index < -0.39 is 10.0 Å². The van der Waals surface area contributed by atoms with Gasteiger partial charge in [-0.3, -0.25) is 0 Å². The molecule has 102 valence electrons. The van der Waals surface area contributed by atoms with E-state index in [2.05, 4.69) is 4.72 Å². The molecule has 0 heterocycles. The van der Waals surface area contributed by atoms with Gasteiger partial charge in [-0.25, -0.2) is 13.1 Å². The van der Waals surface area contributed by atoms with Gasteiger partial charge in [0.05, 0.1) is 5.02 Å². The van der Waals surface area contributed by atoms with Gasteiger partial charge >= 0.3 is 0 Å². The van der Waals surface area contributed by atoms with Gasteiger partial charge in [-0.1, -0.05) is 11.6 Å². The van der Waals surface area contributed by atoms with Crippen LogP contribution < -0.4 is 10.5 Å². The van der Waals surface area contributed by atoms with Crippen molar-refractivity contribution in [1.82, 2.24) is 9.62 Å². The molecule has 1 aromatic rings. The molecule has 0 amide bonds. The lowest BCUT2D eigenvalue weighted by Crippen LogP contribution is -2.31. The number of sulfonamides is 1. The standard InChI is InChI=1S/C11H18ClN3O2S/c1-8-6-9(13)7-10(11(8)12)18(16,17)14-4-5-15(2)3/h6-7,14H,4-5,13H2,1-3H3. The van der Waals surface area contributed by atoms with Crippen LogP contribution in [0.5, 0.6) is 0 Å². The number of nitrogens with one attached hydrogen (secondary N) is 1. The van der Waals surface area contributed by atoms with Crippen molar-refractivity contribution in [2.45, 2.75) is 11.8 Å². The number of likely N-dealkylation sites (N-methyl/N-ethyl adjacent to an activating group) is 1. The Kier molecular flexibility index (Phi) is 4.98. The van der Waals surface area contributed by atoms with Crippen molar-refractivity contribution in [3.8, 4) is 0 Å². The van der Waals surface area contributed by atoms with Crippen LogP contribution in [0.15, 0.2) is 17.0 Å².